The normalized spacial score (nSPS) is 20.8. The number of benzene rings is 2. The van der Waals surface area contributed by atoms with Gasteiger partial charge in [-0.1, -0.05) is 30.3 Å². The molecule has 1 saturated heterocycles. The molecule has 2 aliphatic rings. The van der Waals surface area contributed by atoms with Gasteiger partial charge in [-0.3, -0.25) is 14.5 Å². The third kappa shape index (κ3) is 3.06. The highest BCUT2D eigenvalue weighted by Gasteiger charge is 2.49. The molecule has 0 spiro atoms. The zero-order valence-electron chi connectivity index (χ0n) is 16.9. The summed E-state index contributed by atoms with van der Waals surface area (Å²) in [5.74, 6) is -1.25. The molecule has 0 bridgehead atoms. The van der Waals surface area contributed by atoms with E-state index in [1.807, 2.05) is 24.3 Å². The maximum absolute atomic E-state index is 13.3. The summed E-state index contributed by atoms with van der Waals surface area (Å²) in [5, 5.41) is 3.73. The molecule has 1 atom stereocenters. The van der Waals surface area contributed by atoms with Crippen LogP contribution in [0.1, 0.15) is 23.7 Å². The second kappa shape index (κ2) is 6.94. The average Bonchev–Trinajstić information content (AvgIpc) is 3.24. The lowest BCUT2D eigenvalue weighted by Gasteiger charge is -2.29. The Morgan fingerprint density at radius 3 is 2.65 bits per heavy atom. The quantitative estimate of drug-likeness (QED) is 0.639. The molecule has 4 amide bonds. The number of urea groups is 1. The van der Waals surface area contributed by atoms with Gasteiger partial charge in [0.2, 0.25) is 5.91 Å². The number of carbonyl (C=O) groups is 3. The highest BCUT2D eigenvalue weighted by molar-refractivity contribution is 6.09. The summed E-state index contributed by atoms with van der Waals surface area (Å²) in [6.07, 6.45) is 0.684. The number of amides is 4. The van der Waals surface area contributed by atoms with E-state index in [1.165, 1.54) is 24.3 Å². The predicted molar refractivity (Wildman–Crippen MR) is 111 cm³/mol. The van der Waals surface area contributed by atoms with Gasteiger partial charge in [-0.15, -0.1) is 0 Å². The fraction of sp³-hybridized carbons (Fsp3) is 0.261. The SMILES string of the molecule is C[C@]1(c2ccc(F)cc2)NC(=O)N(CC(=O)N2CCc3[nH]c4ccccc4c3C2)C1=O. The van der Waals surface area contributed by atoms with Crippen molar-refractivity contribution in [2.24, 2.45) is 0 Å². The molecule has 8 heteroatoms. The van der Waals surface area contributed by atoms with Crippen molar-refractivity contribution in [3.8, 4) is 0 Å². The number of nitrogens with zero attached hydrogens (tertiary/aromatic N) is 2. The van der Waals surface area contributed by atoms with Gasteiger partial charge in [0.05, 0.1) is 0 Å². The predicted octanol–water partition coefficient (Wildman–Crippen LogP) is 2.66. The molecule has 2 N–H and O–H groups in total. The van der Waals surface area contributed by atoms with Crippen molar-refractivity contribution >= 4 is 28.7 Å². The number of aromatic amines is 1. The van der Waals surface area contributed by atoms with E-state index in [4.69, 9.17) is 0 Å². The summed E-state index contributed by atoms with van der Waals surface area (Å²) in [4.78, 5) is 44.6. The number of halogens is 1. The first-order chi connectivity index (χ1) is 14.9. The molecule has 0 radical (unpaired) electrons. The van der Waals surface area contributed by atoms with Crippen LogP contribution in [0.25, 0.3) is 10.9 Å². The summed E-state index contributed by atoms with van der Waals surface area (Å²) >= 11 is 0. The number of para-hydroxylation sites is 1. The minimum absolute atomic E-state index is 0.289. The molecule has 2 aromatic carbocycles. The topological polar surface area (TPSA) is 85.5 Å². The largest absolute Gasteiger partial charge is 0.358 e. The Kier molecular flexibility index (Phi) is 4.32. The van der Waals surface area contributed by atoms with Crippen LogP contribution in [-0.2, 0) is 28.1 Å². The van der Waals surface area contributed by atoms with E-state index < -0.39 is 23.3 Å². The lowest BCUT2D eigenvalue weighted by molar-refractivity contribution is -0.139. The Labute approximate surface area is 177 Å². The summed E-state index contributed by atoms with van der Waals surface area (Å²) in [6.45, 7) is 2.16. The van der Waals surface area contributed by atoms with Crippen molar-refractivity contribution < 1.29 is 18.8 Å². The number of hydrogen-bond acceptors (Lipinski definition) is 3. The van der Waals surface area contributed by atoms with Crippen LogP contribution in [0.3, 0.4) is 0 Å². The van der Waals surface area contributed by atoms with Gasteiger partial charge in [-0.2, -0.15) is 0 Å². The standard InChI is InChI=1S/C23H21FN4O3/c1-23(14-6-8-15(24)9-7-14)21(30)28(22(31)26-23)13-20(29)27-11-10-19-17(12-27)16-4-2-3-5-18(16)25-19/h2-9,25H,10-13H2,1H3,(H,26,31)/t23-/m1/s1. The number of imide groups is 1. The van der Waals surface area contributed by atoms with E-state index in [0.717, 1.165) is 27.1 Å². The third-order valence-corrected chi connectivity index (χ3v) is 6.23. The monoisotopic (exact) mass is 420 g/mol. The molecule has 1 aromatic heterocycles. The molecule has 0 saturated carbocycles. The van der Waals surface area contributed by atoms with Crippen LogP contribution in [0.5, 0.6) is 0 Å². The average molecular weight is 420 g/mol. The number of hydrogen-bond donors (Lipinski definition) is 2. The summed E-state index contributed by atoms with van der Waals surface area (Å²) in [5.41, 5.74) is 2.35. The first kappa shape index (κ1) is 19.3. The van der Waals surface area contributed by atoms with Gasteiger partial charge in [-0.05, 0) is 30.7 Å². The van der Waals surface area contributed by atoms with Gasteiger partial charge in [0, 0.05) is 41.7 Å². The van der Waals surface area contributed by atoms with E-state index in [0.29, 0.717) is 25.1 Å². The summed E-state index contributed by atoms with van der Waals surface area (Å²) < 4.78 is 13.3. The van der Waals surface area contributed by atoms with Crippen LogP contribution in [0.15, 0.2) is 48.5 Å². The van der Waals surface area contributed by atoms with Crippen molar-refractivity contribution in [2.45, 2.75) is 25.4 Å². The fourth-order valence-corrected chi connectivity index (χ4v) is 4.43. The Balaban J connectivity index is 1.34. The first-order valence-corrected chi connectivity index (χ1v) is 10.1. The number of carbonyl (C=O) groups excluding carboxylic acids is 3. The van der Waals surface area contributed by atoms with Crippen LogP contribution in [0.2, 0.25) is 0 Å². The van der Waals surface area contributed by atoms with Gasteiger partial charge in [0.15, 0.2) is 0 Å². The molecule has 5 rings (SSSR count). The molecule has 31 heavy (non-hydrogen) atoms. The van der Waals surface area contributed by atoms with Crippen molar-refractivity contribution in [3.05, 3.63) is 71.2 Å². The Morgan fingerprint density at radius 1 is 1.13 bits per heavy atom. The molecule has 1 fully saturated rings. The molecule has 158 valence electrons. The van der Waals surface area contributed by atoms with Gasteiger partial charge in [0.1, 0.15) is 17.9 Å². The molecule has 3 aromatic rings. The van der Waals surface area contributed by atoms with Crippen molar-refractivity contribution in [1.29, 1.82) is 0 Å². The number of fused-ring (bicyclic) bond motifs is 3. The van der Waals surface area contributed by atoms with Crippen LogP contribution in [0.4, 0.5) is 9.18 Å². The third-order valence-electron chi connectivity index (χ3n) is 6.23. The van der Waals surface area contributed by atoms with Crippen LogP contribution >= 0.6 is 0 Å². The molecular formula is C23H21FN4O3. The lowest BCUT2D eigenvalue weighted by Crippen LogP contribution is -2.45. The maximum Gasteiger partial charge on any atom is 0.325 e. The fourth-order valence-electron chi connectivity index (χ4n) is 4.43. The van der Waals surface area contributed by atoms with Gasteiger partial charge < -0.3 is 15.2 Å². The van der Waals surface area contributed by atoms with Crippen LogP contribution in [-0.4, -0.2) is 45.7 Å². The van der Waals surface area contributed by atoms with E-state index >= 15 is 0 Å². The van der Waals surface area contributed by atoms with E-state index in [2.05, 4.69) is 10.3 Å². The molecule has 0 unspecified atom stereocenters. The Hall–Kier alpha value is -3.68. The Morgan fingerprint density at radius 2 is 1.87 bits per heavy atom. The summed E-state index contributed by atoms with van der Waals surface area (Å²) in [6, 6.07) is 12.7. The van der Waals surface area contributed by atoms with E-state index in [-0.39, 0.29) is 12.5 Å². The zero-order chi connectivity index (χ0) is 21.8. The summed E-state index contributed by atoms with van der Waals surface area (Å²) in [7, 11) is 0. The minimum atomic E-state index is -1.34. The highest BCUT2D eigenvalue weighted by atomic mass is 19.1. The molecule has 2 aliphatic heterocycles. The van der Waals surface area contributed by atoms with Gasteiger partial charge >= 0.3 is 6.03 Å². The molecular weight excluding hydrogens is 399 g/mol. The highest BCUT2D eigenvalue weighted by Crippen LogP contribution is 2.30. The van der Waals surface area contributed by atoms with Crippen LogP contribution < -0.4 is 5.32 Å². The van der Waals surface area contributed by atoms with Crippen molar-refractivity contribution in [2.75, 3.05) is 13.1 Å². The minimum Gasteiger partial charge on any atom is -0.358 e. The van der Waals surface area contributed by atoms with Gasteiger partial charge in [0.25, 0.3) is 5.91 Å². The number of aromatic nitrogens is 1. The van der Waals surface area contributed by atoms with Crippen LogP contribution in [0, 0.1) is 5.82 Å². The van der Waals surface area contributed by atoms with E-state index in [1.54, 1.807) is 11.8 Å². The van der Waals surface area contributed by atoms with Gasteiger partial charge in [-0.25, -0.2) is 9.18 Å². The molecule has 3 heterocycles. The second-order valence-electron chi connectivity index (χ2n) is 8.15. The Bertz CT molecular complexity index is 1220. The smallest absolute Gasteiger partial charge is 0.325 e. The number of nitrogens with one attached hydrogen (secondary N) is 2. The number of rotatable bonds is 3. The second-order valence-corrected chi connectivity index (χ2v) is 8.15. The lowest BCUT2D eigenvalue weighted by atomic mass is 9.92. The van der Waals surface area contributed by atoms with E-state index in [9.17, 15) is 18.8 Å². The molecule has 7 nitrogen and oxygen atoms in total. The zero-order valence-corrected chi connectivity index (χ0v) is 16.9. The first-order valence-electron chi connectivity index (χ1n) is 10.1. The number of H-pyrrole nitrogens is 1. The van der Waals surface area contributed by atoms with Crippen molar-refractivity contribution in [3.63, 3.8) is 0 Å². The molecule has 0 aliphatic carbocycles. The maximum atomic E-state index is 13.3. The van der Waals surface area contributed by atoms with Crippen molar-refractivity contribution in [1.82, 2.24) is 20.1 Å².